The summed E-state index contributed by atoms with van der Waals surface area (Å²) in [5.74, 6) is -1.05. The van der Waals surface area contributed by atoms with Crippen molar-refractivity contribution < 1.29 is 18.5 Å². The Morgan fingerprint density at radius 2 is 2.12 bits per heavy atom. The molecule has 0 radical (unpaired) electrons. The van der Waals surface area contributed by atoms with Crippen LogP contribution < -0.4 is 10.6 Å². The minimum absolute atomic E-state index is 0.0493. The predicted molar refractivity (Wildman–Crippen MR) is 86.2 cm³/mol. The molecule has 0 aliphatic carbocycles. The van der Waals surface area contributed by atoms with Crippen molar-refractivity contribution in [1.29, 1.82) is 0 Å². The molecule has 0 spiro atoms. The molecule has 6 nitrogen and oxygen atoms in total. The van der Waals surface area contributed by atoms with Gasteiger partial charge in [-0.1, -0.05) is 25.9 Å². The van der Waals surface area contributed by atoms with E-state index in [4.69, 9.17) is 4.52 Å². The van der Waals surface area contributed by atoms with Gasteiger partial charge in [-0.25, -0.2) is 4.39 Å². The van der Waals surface area contributed by atoms with Crippen molar-refractivity contribution in [3.8, 4) is 0 Å². The van der Waals surface area contributed by atoms with Gasteiger partial charge in [0.25, 0.3) is 0 Å². The Hall–Kier alpha value is -2.70. The highest BCUT2D eigenvalue weighted by molar-refractivity contribution is 6.04. The van der Waals surface area contributed by atoms with Gasteiger partial charge in [0.15, 0.2) is 5.82 Å². The third-order valence-corrected chi connectivity index (χ3v) is 3.87. The molecule has 0 saturated heterocycles. The first-order chi connectivity index (χ1) is 11.2. The molecule has 0 fully saturated rings. The number of aromatic nitrogens is 1. The molecule has 2 N–H and O–H groups in total. The number of nitrogens with one attached hydrogen (secondary N) is 2. The molecule has 2 heterocycles. The fourth-order valence-electron chi connectivity index (χ4n) is 2.57. The molecule has 1 unspecified atom stereocenters. The summed E-state index contributed by atoms with van der Waals surface area (Å²) in [7, 11) is 0. The number of hydrogen-bond donors (Lipinski definition) is 2. The summed E-state index contributed by atoms with van der Waals surface area (Å²) < 4.78 is 18.7. The maximum absolute atomic E-state index is 13.5. The highest BCUT2D eigenvalue weighted by Crippen LogP contribution is 2.34. The molecule has 2 amide bonds. The number of halogens is 1. The molecule has 1 aliphatic rings. The van der Waals surface area contributed by atoms with Crippen molar-refractivity contribution in [3.63, 3.8) is 0 Å². The molecule has 0 bridgehead atoms. The van der Waals surface area contributed by atoms with E-state index < -0.39 is 17.6 Å². The summed E-state index contributed by atoms with van der Waals surface area (Å²) in [4.78, 5) is 24.3. The van der Waals surface area contributed by atoms with E-state index in [9.17, 15) is 14.0 Å². The van der Waals surface area contributed by atoms with Crippen LogP contribution in [0, 0.1) is 5.82 Å². The molecule has 3 rings (SSSR count). The van der Waals surface area contributed by atoms with E-state index in [0.717, 1.165) is 0 Å². The Kier molecular flexibility index (Phi) is 3.87. The highest BCUT2D eigenvalue weighted by atomic mass is 19.1. The van der Waals surface area contributed by atoms with Gasteiger partial charge in [0.2, 0.25) is 11.8 Å². The Balaban J connectivity index is 1.84. The SMILES string of the molecule is CC(C)(C)c1cc(NC(=O)C2CC(=O)Nc3ccc(F)cc32)no1. The van der Waals surface area contributed by atoms with Crippen LogP contribution in [-0.2, 0) is 15.0 Å². The van der Waals surface area contributed by atoms with Gasteiger partial charge in [0.05, 0.1) is 5.92 Å². The number of nitrogens with zero attached hydrogens (tertiary/aromatic N) is 1. The van der Waals surface area contributed by atoms with E-state index in [2.05, 4.69) is 15.8 Å². The van der Waals surface area contributed by atoms with Crippen LogP contribution in [0.15, 0.2) is 28.8 Å². The Morgan fingerprint density at radius 1 is 1.38 bits per heavy atom. The monoisotopic (exact) mass is 331 g/mol. The Labute approximate surface area is 138 Å². The van der Waals surface area contributed by atoms with Crippen LogP contribution in [-0.4, -0.2) is 17.0 Å². The molecule has 1 aromatic carbocycles. The normalized spacial score (nSPS) is 17.2. The quantitative estimate of drug-likeness (QED) is 0.885. The van der Waals surface area contributed by atoms with Crippen molar-refractivity contribution >= 4 is 23.3 Å². The Bertz CT molecular complexity index is 808. The van der Waals surface area contributed by atoms with Gasteiger partial charge in [-0.05, 0) is 23.8 Å². The first-order valence-electron chi connectivity index (χ1n) is 7.61. The lowest BCUT2D eigenvalue weighted by molar-refractivity contribution is -0.123. The third kappa shape index (κ3) is 3.15. The summed E-state index contributed by atoms with van der Waals surface area (Å²) in [6.07, 6.45) is -0.0493. The van der Waals surface area contributed by atoms with E-state index in [1.807, 2.05) is 20.8 Å². The second-order valence-corrected chi connectivity index (χ2v) is 6.85. The lowest BCUT2D eigenvalue weighted by Crippen LogP contribution is -2.31. The summed E-state index contributed by atoms with van der Waals surface area (Å²) in [5.41, 5.74) is 0.658. The molecular formula is C17H18FN3O3. The van der Waals surface area contributed by atoms with Gasteiger partial charge < -0.3 is 15.2 Å². The zero-order valence-electron chi connectivity index (χ0n) is 13.6. The number of carbonyl (C=O) groups excluding carboxylic acids is 2. The third-order valence-electron chi connectivity index (χ3n) is 3.87. The minimum atomic E-state index is -0.778. The van der Waals surface area contributed by atoms with E-state index in [1.165, 1.54) is 18.2 Å². The molecule has 7 heteroatoms. The first-order valence-corrected chi connectivity index (χ1v) is 7.61. The number of amides is 2. The molecule has 0 saturated carbocycles. The maximum atomic E-state index is 13.5. The minimum Gasteiger partial charge on any atom is -0.359 e. The Morgan fingerprint density at radius 3 is 2.79 bits per heavy atom. The van der Waals surface area contributed by atoms with Crippen LogP contribution in [0.1, 0.15) is 44.4 Å². The van der Waals surface area contributed by atoms with E-state index in [-0.39, 0.29) is 23.6 Å². The number of anilines is 2. The molecule has 2 aromatic rings. The number of carbonyl (C=O) groups is 2. The van der Waals surface area contributed by atoms with Crippen molar-refractivity contribution in [2.24, 2.45) is 0 Å². The number of benzene rings is 1. The lowest BCUT2D eigenvalue weighted by Gasteiger charge is -2.24. The fourth-order valence-corrected chi connectivity index (χ4v) is 2.57. The maximum Gasteiger partial charge on any atom is 0.233 e. The van der Waals surface area contributed by atoms with E-state index >= 15 is 0 Å². The van der Waals surface area contributed by atoms with Crippen LogP contribution in [0.4, 0.5) is 15.9 Å². The van der Waals surface area contributed by atoms with Gasteiger partial charge in [0, 0.05) is 23.6 Å². The topological polar surface area (TPSA) is 84.2 Å². The molecule has 1 atom stereocenters. The van der Waals surface area contributed by atoms with E-state index in [0.29, 0.717) is 17.0 Å². The second-order valence-electron chi connectivity index (χ2n) is 6.85. The fraction of sp³-hybridized carbons (Fsp3) is 0.353. The van der Waals surface area contributed by atoms with Crippen LogP contribution >= 0.6 is 0 Å². The van der Waals surface area contributed by atoms with Crippen molar-refractivity contribution in [2.75, 3.05) is 10.6 Å². The zero-order chi connectivity index (χ0) is 17.5. The van der Waals surface area contributed by atoms with Crippen molar-refractivity contribution in [3.05, 3.63) is 41.4 Å². The van der Waals surface area contributed by atoms with Gasteiger partial charge in [-0.15, -0.1) is 0 Å². The second kappa shape index (κ2) is 5.74. The van der Waals surface area contributed by atoms with E-state index in [1.54, 1.807) is 6.07 Å². The standard InChI is InChI=1S/C17H18FN3O3/c1-17(2,3)13-8-14(21-24-13)20-16(23)11-7-15(22)19-12-5-4-9(18)6-10(11)12/h4-6,8,11H,7H2,1-3H3,(H,19,22)(H,20,21,23). The largest absolute Gasteiger partial charge is 0.359 e. The molecular weight excluding hydrogens is 313 g/mol. The van der Waals surface area contributed by atoms with Crippen LogP contribution in [0.25, 0.3) is 0 Å². The molecule has 126 valence electrons. The first kappa shape index (κ1) is 16.2. The summed E-state index contributed by atoms with van der Waals surface area (Å²) >= 11 is 0. The average molecular weight is 331 g/mol. The lowest BCUT2D eigenvalue weighted by atomic mass is 9.89. The summed E-state index contributed by atoms with van der Waals surface area (Å²) in [5, 5.41) is 9.11. The van der Waals surface area contributed by atoms with Gasteiger partial charge in [0.1, 0.15) is 11.6 Å². The molecule has 1 aromatic heterocycles. The number of rotatable bonds is 2. The summed E-state index contributed by atoms with van der Waals surface area (Å²) in [6.45, 7) is 5.89. The molecule has 1 aliphatic heterocycles. The predicted octanol–water partition coefficient (Wildman–Crippen LogP) is 3.18. The molecule has 24 heavy (non-hydrogen) atoms. The summed E-state index contributed by atoms with van der Waals surface area (Å²) in [6, 6.07) is 5.61. The van der Waals surface area contributed by atoms with Crippen molar-refractivity contribution in [2.45, 2.75) is 38.5 Å². The van der Waals surface area contributed by atoms with Crippen LogP contribution in [0.2, 0.25) is 0 Å². The number of fused-ring (bicyclic) bond motifs is 1. The van der Waals surface area contributed by atoms with Crippen LogP contribution in [0.3, 0.4) is 0 Å². The van der Waals surface area contributed by atoms with Gasteiger partial charge in [-0.3, -0.25) is 9.59 Å². The zero-order valence-corrected chi connectivity index (χ0v) is 13.6. The smallest absolute Gasteiger partial charge is 0.233 e. The average Bonchev–Trinajstić information content (AvgIpc) is 2.95. The van der Waals surface area contributed by atoms with Crippen LogP contribution in [0.5, 0.6) is 0 Å². The highest BCUT2D eigenvalue weighted by Gasteiger charge is 2.32. The van der Waals surface area contributed by atoms with Gasteiger partial charge in [-0.2, -0.15) is 0 Å². The number of hydrogen-bond acceptors (Lipinski definition) is 4. The van der Waals surface area contributed by atoms with Gasteiger partial charge >= 0.3 is 0 Å². The van der Waals surface area contributed by atoms with Crippen molar-refractivity contribution in [1.82, 2.24) is 5.16 Å².